The van der Waals surface area contributed by atoms with Crippen LogP contribution in [0.5, 0.6) is 0 Å². The summed E-state index contributed by atoms with van der Waals surface area (Å²) in [5.41, 5.74) is 7.69. The van der Waals surface area contributed by atoms with E-state index in [1.807, 2.05) is 13.8 Å². The van der Waals surface area contributed by atoms with Crippen LogP contribution < -0.4 is 16.0 Å². The normalized spacial score (nSPS) is 10.6. The van der Waals surface area contributed by atoms with Gasteiger partial charge in [0.25, 0.3) is 6.01 Å². The molecule has 0 saturated heterocycles. The molecule has 6 heteroatoms. The minimum absolute atomic E-state index is 0.0499. The van der Waals surface area contributed by atoms with E-state index in [2.05, 4.69) is 10.3 Å². The molecule has 0 fully saturated rings. The second-order valence-electron chi connectivity index (χ2n) is 4.19. The number of amides is 1. The number of nitrogens with zero attached hydrogens (tertiary/aromatic N) is 2. The number of hydrogen-bond donors (Lipinski definition) is 2. The van der Waals surface area contributed by atoms with Crippen molar-refractivity contribution in [2.24, 2.45) is 0 Å². The lowest BCUT2D eigenvalue weighted by Gasteiger charge is -2.17. The minimum atomic E-state index is -0.0499. The van der Waals surface area contributed by atoms with Crippen LogP contribution in [0.2, 0.25) is 0 Å². The van der Waals surface area contributed by atoms with Gasteiger partial charge in [0.2, 0.25) is 5.91 Å². The first kappa shape index (κ1) is 13.2. The number of anilines is 2. The van der Waals surface area contributed by atoms with Gasteiger partial charge < -0.3 is 20.4 Å². The first-order valence-electron chi connectivity index (χ1n) is 6.31. The molecular weight excluding hydrogens is 244 g/mol. The Balaban J connectivity index is 2.22. The Labute approximate surface area is 111 Å². The number of fused-ring (bicyclic) bond motifs is 1. The van der Waals surface area contributed by atoms with Gasteiger partial charge in [-0.2, -0.15) is 4.98 Å². The van der Waals surface area contributed by atoms with Gasteiger partial charge >= 0.3 is 0 Å². The topological polar surface area (TPSA) is 84.4 Å². The summed E-state index contributed by atoms with van der Waals surface area (Å²) >= 11 is 0. The van der Waals surface area contributed by atoms with E-state index in [9.17, 15) is 4.79 Å². The number of benzene rings is 1. The first-order valence-corrected chi connectivity index (χ1v) is 6.31. The van der Waals surface area contributed by atoms with Gasteiger partial charge in [-0.05, 0) is 26.0 Å². The van der Waals surface area contributed by atoms with Crippen LogP contribution in [0.1, 0.15) is 13.8 Å². The highest BCUT2D eigenvalue weighted by Gasteiger charge is 2.15. The fraction of sp³-hybridized carbons (Fsp3) is 0.385. The number of carbonyl (C=O) groups is 1. The third-order valence-electron chi connectivity index (χ3n) is 2.76. The molecule has 1 aromatic heterocycles. The zero-order valence-corrected chi connectivity index (χ0v) is 11.1. The smallest absolute Gasteiger partial charge is 0.298 e. The monoisotopic (exact) mass is 262 g/mol. The van der Waals surface area contributed by atoms with Crippen molar-refractivity contribution in [2.75, 3.05) is 30.3 Å². The summed E-state index contributed by atoms with van der Waals surface area (Å²) in [6.45, 7) is 5.31. The highest BCUT2D eigenvalue weighted by Crippen LogP contribution is 2.23. The highest BCUT2D eigenvalue weighted by molar-refractivity contribution is 5.82. The first-order chi connectivity index (χ1) is 9.13. The molecule has 0 radical (unpaired) electrons. The molecule has 2 aromatic rings. The number of aromatic nitrogens is 1. The van der Waals surface area contributed by atoms with Crippen molar-refractivity contribution in [3.05, 3.63) is 18.2 Å². The molecular formula is C13H18N4O2. The third-order valence-corrected chi connectivity index (χ3v) is 2.76. The minimum Gasteiger partial charge on any atom is -0.423 e. The van der Waals surface area contributed by atoms with Crippen molar-refractivity contribution in [2.45, 2.75) is 13.8 Å². The molecule has 1 amide bonds. The number of oxazole rings is 1. The molecule has 0 spiro atoms. The molecule has 0 aliphatic rings. The van der Waals surface area contributed by atoms with Crippen LogP contribution in [0.15, 0.2) is 22.6 Å². The van der Waals surface area contributed by atoms with E-state index in [-0.39, 0.29) is 12.5 Å². The summed E-state index contributed by atoms with van der Waals surface area (Å²) in [7, 11) is 0. The van der Waals surface area contributed by atoms with Crippen LogP contribution in [0.25, 0.3) is 11.1 Å². The van der Waals surface area contributed by atoms with Crippen LogP contribution in [-0.4, -0.2) is 30.5 Å². The summed E-state index contributed by atoms with van der Waals surface area (Å²) in [5.74, 6) is -0.0499. The maximum atomic E-state index is 11.6. The Kier molecular flexibility index (Phi) is 3.89. The average Bonchev–Trinajstić information content (AvgIpc) is 2.78. The largest absolute Gasteiger partial charge is 0.423 e. The number of nitrogen functional groups attached to an aromatic ring is 1. The number of hydrogen-bond acceptors (Lipinski definition) is 5. The highest BCUT2D eigenvalue weighted by atomic mass is 16.4. The van der Waals surface area contributed by atoms with E-state index in [1.54, 1.807) is 23.1 Å². The SMILES string of the molecule is CCNC(=O)CN(CC)c1nc2ccc(N)cc2o1. The van der Waals surface area contributed by atoms with E-state index in [0.717, 1.165) is 5.52 Å². The second-order valence-corrected chi connectivity index (χ2v) is 4.19. The number of likely N-dealkylation sites (N-methyl/N-ethyl adjacent to an activating group) is 2. The summed E-state index contributed by atoms with van der Waals surface area (Å²) < 4.78 is 5.64. The maximum absolute atomic E-state index is 11.6. The summed E-state index contributed by atoms with van der Waals surface area (Å²) in [4.78, 5) is 17.8. The predicted molar refractivity (Wildman–Crippen MR) is 75.0 cm³/mol. The van der Waals surface area contributed by atoms with E-state index in [1.165, 1.54) is 0 Å². The molecule has 1 aromatic carbocycles. The average molecular weight is 262 g/mol. The molecule has 102 valence electrons. The Bertz CT molecular complexity index is 579. The summed E-state index contributed by atoms with van der Waals surface area (Å²) in [6, 6.07) is 5.74. The van der Waals surface area contributed by atoms with Crippen LogP contribution in [0.3, 0.4) is 0 Å². The molecule has 0 aliphatic carbocycles. The Hall–Kier alpha value is -2.24. The molecule has 0 aliphatic heterocycles. The van der Waals surface area contributed by atoms with E-state index in [0.29, 0.717) is 30.4 Å². The fourth-order valence-electron chi connectivity index (χ4n) is 1.81. The Morgan fingerprint density at radius 2 is 2.26 bits per heavy atom. The van der Waals surface area contributed by atoms with Gasteiger partial charge in [-0.3, -0.25) is 4.79 Å². The van der Waals surface area contributed by atoms with Gasteiger partial charge in [-0.15, -0.1) is 0 Å². The maximum Gasteiger partial charge on any atom is 0.298 e. The lowest BCUT2D eigenvalue weighted by molar-refractivity contribution is -0.119. The van der Waals surface area contributed by atoms with Crippen LogP contribution in [0, 0.1) is 0 Å². The molecule has 2 rings (SSSR count). The van der Waals surface area contributed by atoms with Crippen molar-refractivity contribution in [1.82, 2.24) is 10.3 Å². The standard InChI is InChI=1S/C13H18N4O2/c1-3-15-12(18)8-17(4-2)13-16-10-6-5-9(14)7-11(10)19-13/h5-7H,3-4,8,14H2,1-2H3,(H,15,18). The second kappa shape index (κ2) is 5.60. The molecule has 1 heterocycles. The van der Waals surface area contributed by atoms with E-state index in [4.69, 9.17) is 10.2 Å². The molecule has 6 nitrogen and oxygen atoms in total. The van der Waals surface area contributed by atoms with Crippen molar-refractivity contribution in [1.29, 1.82) is 0 Å². The van der Waals surface area contributed by atoms with E-state index < -0.39 is 0 Å². The number of rotatable bonds is 5. The molecule has 0 unspecified atom stereocenters. The van der Waals surface area contributed by atoms with Gasteiger partial charge in [0.1, 0.15) is 12.1 Å². The molecule has 0 saturated carbocycles. The van der Waals surface area contributed by atoms with E-state index >= 15 is 0 Å². The van der Waals surface area contributed by atoms with Gasteiger partial charge in [-0.1, -0.05) is 0 Å². The van der Waals surface area contributed by atoms with Crippen LogP contribution in [-0.2, 0) is 4.79 Å². The van der Waals surface area contributed by atoms with Crippen LogP contribution in [0.4, 0.5) is 11.7 Å². The molecule has 19 heavy (non-hydrogen) atoms. The zero-order valence-electron chi connectivity index (χ0n) is 11.1. The molecule has 0 atom stereocenters. The number of carbonyl (C=O) groups excluding carboxylic acids is 1. The number of nitrogens with one attached hydrogen (secondary N) is 1. The van der Waals surface area contributed by atoms with Crippen molar-refractivity contribution >= 4 is 28.7 Å². The fourth-order valence-corrected chi connectivity index (χ4v) is 1.81. The van der Waals surface area contributed by atoms with Gasteiger partial charge in [0, 0.05) is 24.8 Å². The van der Waals surface area contributed by atoms with Crippen molar-refractivity contribution < 1.29 is 9.21 Å². The molecule has 3 N–H and O–H groups in total. The zero-order chi connectivity index (χ0) is 13.8. The van der Waals surface area contributed by atoms with Gasteiger partial charge in [0.05, 0.1) is 0 Å². The summed E-state index contributed by atoms with van der Waals surface area (Å²) in [5, 5.41) is 2.75. The lowest BCUT2D eigenvalue weighted by atomic mass is 10.3. The quantitative estimate of drug-likeness (QED) is 0.795. The van der Waals surface area contributed by atoms with Gasteiger partial charge in [-0.25, -0.2) is 0 Å². The Morgan fingerprint density at radius 1 is 1.47 bits per heavy atom. The van der Waals surface area contributed by atoms with Gasteiger partial charge in [0.15, 0.2) is 5.58 Å². The van der Waals surface area contributed by atoms with Crippen LogP contribution >= 0.6 is 0 Å². The number of nitrogens with two attached hydrogens (primary N) is 1. The lowest BCUT2D eigenvalue weighted by Crippen LogP contribution is -2.37. The van der Waals surface area contributed by atoms with Crippen molar-refractivity contribution in [3.8, 4) is 0 Å². The predicted octanol–water partition coefficient (Wildman–Crippen LogP) is 1.37. The molecule has 0 bridgehead atoms. The van der Waals surface area contributed by atoms with Crippen molar-refractivity contribution in [3.63, 3.8) is 0 Å². The third kappa shape index (κ3) is 2.96. The Morgan fingerprint density at radius 3 is 2.95 bits per heavy atom. The summed E-state index contributed by atoms with van der Waals surface area (Å²) in [6.07, 6.45) is 0.